The summed E-state index contributed by atoms with van der Waals surface area (Å²) < 4.78 is 0. The topological polar surface area (TPSA) is 122 Å². The number of primary amides is 1. The van der Waals surface area contributed by atoms with Crippen molar-refractivity contribution in [3.05, 3.63) is 28.8 Å². The molecule has 3 aliphatic rings. The lowest BCUT2D eigenvalue weighted by Gasteiger charge is -2.31. The van der Waals surface area contributed by atoms with Crippen molar-refractivity contribution in [2.75, 3.05) is 5.32 Å². The normalized spacial score (nSPS) is 31.2. The third-order valence-electron chi connectivity index (χ3n) is 6.47. The van der Waals surface area contributed by atoms with Gasteiger partial charge in [0.25, 0.3) is 0 Å². The van der Waals surface area contributed by atoms with E-state index in [2.05, 4.69) is 10.6 Å². The minimum absolute atomic E-state index is 0.0474. The van der Waals surface area contributed by atoms with Crippen molar-refractivity contribution in [1.82, 2.24) is 10.2 Å². The van der Waals surface area contributed by atoms with Crippen LogP contribution in [0.4, 0.5) is 5.69 Å². The monoisotopic (exact) mass is 418 g/mol. The zero-order chi connectivity index (χ0) is 21.1. The number of benzene rings is 1. The fraction of sp³-hybridized carbons (Fsp3) is 0.500. The molecule has 9 heteroatoms. The van der Waals surface area contributed by atoms with Crippen LogP contribution in [0, 0.1) is 11.8 Å². The molecular weight excluding hydrogens is 396 g/mol. The highest BCUT2D eigenvalue weighted by atomic mass is 35.5. The molecule has 3 aliphatic heterocycles. The fourth-order valence-electron chi connectivity index (χ4n) is 4.98. The molecule has 4 N–H and O–H groups in total. The molecule has 0 unspecified atom stereocenters. The third-order valence-corrected chi connectivity index (χ3v) is 6.78. The Morgan fingerprint density at radius 2 is 2.03 bits per heavy atom. The second kappa shape index (κ2) is 6.81. The Labute approximate surface area is 173 Å². The zero-order valence-corrected chi connectivity index (χ0v) is 17.0. The van der Waals surface area contributed by atoms with E-state index in [0.717, 1.165) is 0 Å². The smallest absolute Gasteiger partial charge is 0.250 e. The Morgan fingerprint density at radius 1 is 1.31 bits per heavy atom. The quantitative estimate of drug-likeness (QED) is 0.618. The van der Waals surface area contributed by atoms with Crippen molar-refractivity contribution in [3.8, 4) is 0 Å². The van der Waals surface area contributed by atoms with Crippen LogP contribution < -0.4 is 16.4 Å². The highest BCUT2D eigenvalue weighted by molar-refractivity contribution is 6.35. The third kappa shape index (κ3) is 2.62. The average molecular weight is 419 g/mol. The molecule has 2 saturated heterocycles. The molecule has 5 atom stereocenters. The number of amides is 4. The van der Waals surface area contributed by atoms with Gasteiger partial charge in [-0.15, -0.1) is 0 Å². The van der Waals surface area contributed by atoms with Gasteiger partial charge in [0.1, 0.15) is 5.54 Å². The Balaban J connectivity index is 1.86. The Morgan fingerprint density at radius 3 is 2.69 bits per heavy atom. The fourth-order valence-corrected chi connectivity index (χ4v) is 5.20. The predicted molar refractivity (Wildman–Crippen MR) is 106 cm³/mol. The predicted octanol–water partition coefficient (Wildman–Crippen LogP) is 1.12. The first-order chi connectivity index (χ1) is 13.7. The number of halogens is 1. The van der Waals surface area contributed by atoms with Gasteiger partial charge in [-0.05, 0) is 25.8 Å². The van der Waals surface area contributed by atoms with E-state index in [-0.39, 0.29) is 30.7 Å². The summed E-state index contributed by atoms with van der Waals surface area (Å²) in [4.78, 5) is 52.6. The summed E-state index contributed by atoms with van der Waals surface area (Å²) in [6, 6.07) is 4.30. The van der Waals surface area contributed by atoms with Crippen molar-refractivity contribution in [2.24, 2.45) is 17.6 Å². The standard InChI is InChI=1S/C20H23ClN4O4/c1-3-9(2)25-17(27)14-12(7-8-13(22)26)24-20(15(14)18(25)28)10-5-4-6-11(21)16(10)23-19(20)29/h4-6,9,12,14-15,24H,3,7-8H2,1-2H3,(H2,22,26)(H,23,29)/t9-,12-,14+,15-,20-/m0/s1. The number of carbonyl (C=O) groups excluding carboxylic acids is 4. The van der Waals surface area contributed by atoms with Gasteiger partial charge in [0.05, 0.1) is 22.5 Å². The molecule has 3 heterocycles. The molecule has 8 nitrogen and oxygen atoms in total. The molecule has 4 amide bonds. The number of carbonyl (C=O) groups is 4. The van der Waals surface area contributed by atoms with E-state index in [1.54, 1.807) is 18.2 Å². The number of rotatable bonds is 5. The maximum Gasteiger partial charge on any atom is 0.250 e. The molecule has 154 valence electrons. The van der Waals surface area contributed by atoms with Gasteiger partial charge in [0.15, 0.2) is 0 Å². The number of fused-ring (bicyclic) bond motifs is 4. The van der Waals surface area contributed by atoms with Crippen LogP contribution in [0.3, 0.4) is 0 Å². The summed E-state index contributed by atoms with van der Waals surface area (Å²) in [5.41, 5.74) is 4.91. The minimum Gasteiger partial charge on any atom is -0.370 e. The molecule has 1 aromatic rings. The van der Waals surface area contributed by atoms with E-state index in [4.69, 9.17) is 17.3 Å². The molecule has 29 heavy (non-hydrogen) atoms. The molecule has 0 saturated carbocycles. The molecule has 0 aromatic heterocycles. The lowest BCUT2D eigenvalue weighted by molar-refractivity contribution is -0.145. The van der Waals surface area contributed by atoms with E-state index in [9.17, 15) is 19.2 Å². The molecule has 0 radical (unpaired) electrons. The largest absolute Gasteiger partial charge is 0.370 e. The summed E-state index contributed by atoms with van der Waals surface area (Å²) in [6.07, 6.45) is 0.915. The highest BCUT2D eigenvalue weighted by Crippen LogP contribution is 2.54. The number of nitrogens with one attached hydrogen (secondary N) is 2. The molecule has 2 fully saturated rings. The van der Waals surface area contributed by atoms with Crippen molar-refractivity contribution in [2.45, 2.75) is 50.7 Å². The minimum atomic E-state index is -1.40. The van der Waals surface area contributed by atoms with Gasteiger partial charge in [-0.25, -0.2) is 0 Å². The van der Waals surface area contributed by atoms with E-state index < -0.39 is 35.2 Å². The van der Waals surface area contributed by atoms with Gasteiger partial charge < -0.3 is 11.1 Å². The number of hydrogen-bond donors (Lipinski definition) is 3. The second-order valence-electron chi connectivity index (χ2n) is 7.99. The SMILES string of the molecule is CC[C@H](C)N1C(=O)[C@@H]2[C@H](CCC(N)=O)N[C@]3(C(=O)Nc4c(Cl)cccc43)[C@@H]2C1=O. The lowest BCUT2D eigenvalue weighted by Crippen LogP contribution is -2.54. The van der Waals surface area contributed by atoms with Gasteiger partial charge >= 0.3 is 0 Å². The molecule has 0 aliphatic carbocycles. The van der Waals surface area contributed by atoms with Crippen LogP contribution >= 0.6 is 11.6 Å². The summed E-state index contributed by atoms with van der Waals surface area (Å²) in [5, 5.41) is 6.39. The van der Waals surface area contributed by atoms with Crippen molar-refractivity contribution in [3.63, 3.8) is 0 Å². The second-order valence-corrected chi connectivity index (χ2v) is 8.39. The number of anilines is 1. The van der Waals surface area contributed by atoms with Crippen LogP contribution in [0.1, 0.15) is 38.7 Å². The Kier molecular flexibility index (Phi) is 4.66. The first-order valence-corrected chi connectivity index (χ1v) is 10.1. The van der Waals surface area contributed by atoms with E-state index in [0.29, 0.717) is 22.7 Å². The zero-order valence-electron chi connectivity index (χ0n) is 16.2. The maximum atomic E-state index is 13.4. The van der Waals surface area contributed by atoms with E-state index in [1.165, 1.54) is 4.90 Å². The number of nitrogens with two attached hydrogens (primary N) is 1. The molecular formula is C20H23ClN4O4. The molecule has 4 rings (SSSR count). The van der Waals surface area contributed by atoms with Crippen LogP contribution in [-0.2, 0) is 24.7 Å². The molecule has 0 bridgehead atoms. The van der Waals surface area contributed by atoms with Crippen molar-refractivity contribution < 1.29 is 19.2 Å². The number of hydrogen-bond acceptors (Lipinski definition) is 5. The first-order valence-electron chi connectivity index (χ1n) is 9.77. The van der Waals surface area contributed by atoms with Crippen LogP contribution in [-0.4, -0.2) is 40.6 Å². The van der Waals surface area contributed by atoms with E-state index >= 15 is 0 Å². The van der Waals surface area contributed by atoms with Gasteiger partial charge in [0, 0.05) is 24.1 Å². The maximum absolute atomic E-state index is 13.4. The van der Waals surface area contributed by atoms with Crippen molar-refractivity contribution in [1.29, 1.82) is 0 Å². The van der Waals surface area contributed by atoms with Gasteiger partial charge in [-0.1, -0.05) is 30.7 Å². The lowest BCUT2D eigenvalue weighted by atomic mass is 9.76. The van der Waals surface area contributed by atoms with Gasteiger partial charge in [0.2, 0.25) is 23.6 Å². The summed E-state index contributed by atoms with van der Waals surface area (Å²) in [6.45, 7) is 3.71. The Bertz CT molecular complexity index is 935. The summed E-state index contributed by atoms with van der Waals surface area (Å²) >= 11 is 6.28. The molecule has 1 spiro atoms. The van der Waals surface area contributed by atoms with Crippen LogP contribution in [0.15, 0.2) is 18.2 Å². The average Bonchev–Trinajstić information content (AvgIpc) is 3.26. The van der Waals surface area contributed by atoms with Gasteiger partial charge in [-0.2, -0.15) is 0 Å². The van der Waals surface area contributed by atoms with Gasteiger partial charge in [-0.3, -0.25) is 29.4 Å². The van der Waals surface area contributed by atoms with Crippen molar-refractivity contribution >= 4 is 40.9 Å². The summed E-state index contributed by atoms with van der Waals surface area (Å²) in [7, 11) is 0. The molecule has 1 aromatic carbocycles. The van der Waals surface area contributed by atoms with Crippen LogP contribution in [0.25, 0.3) is 0 Å². The van der Waals surface area contributed by atoms with E-state index in [1.807, 2.05) is 13.8 Å². The highest BCUT2D eigenvalue weighted by Gasteiger charge is 2.70. The number of likely N-dealkylation sites (tertiary alicyclic amines) is 1. The van der Waals surface area contributed by atoms with Crippen LogP contribution in [0.5, 0.6) is 0 Å². The Hall–Kier alpha value is -2.45. The number of imide groups is 1. The summed E-state index contributed by atoms with van der Waals surface area (Å²) in [5.74, 6) is -3.24. The first kappa shape index (κ1) is 19.8. The van der Waals surface area contributed by atoms with Crippen LogP contribution in [0.2, 0.25) is 5.02 Å². The number of nitrogens with zero attached hydrogens (tertiary/aromatic N) is 1. The number of para-hydroxylation sites is 1.